The van der Waals surface area contributed by atoms with Crippen molar-refractivity contribution in [2.45, 2.75) is 12.3 Å². The number of rotatable bonds is 3. The van der Waals surface area contributed by atoms with Crippen molar-refractivity contribution in [1.82, 2.24) is 0 Å². The van der Waals surface area contributed by atoms with E-state index in [1.54, 1.807) is 11.3 Å². The highest BCUT2D eigenvalue weighted by Gasteiger charge is 2.26. The summed E-state index contributed by atoms with van der Waals surface area (Å²) in [6.45, 7) is 2.56. The van der Waals surface area contributed by atoms with Crippen LogP contribution < -0.4 is 5.73 Å². The smallest absolute Gasteiger partial charge is 0.0545 e. The molecule has 0 amide bonds. The Labute approximate surface area is 93.3 Å². The Balaban J connectivity index is 2.52. The maximum absolute atomic E-state index is 9.39. The second-order valence-electron chi connectivity index (χ2n) is 4.07. The summed E-state index contributed by atoms with van der Waals surface area (Å²) >= 11 is 1.71. The fraction of sp³-hybridized carbons (Fsp3) is 0.333. The lowest BCUT2D eigenvalue weighted by Crippen LogP contribution is -2.34. The largest absolute Gasteiger partial charge is 0.395 e. The van der Waals surface area contributed by atoms with E-state index in [0.29, 0.717) is 6.54 Å². The molecule has 1 aromatic heterocycles. The van der Waals surface area contributed by atoms with E-state index < -0.39 is 0 Å². The van der Waals surface area contributed by atoms with Gasteiger partial charge in [-0.15, -0.1) is 11.3 Å². The summed E-state index contributed by atoms with van der Waals surface area (Å²) in [7, 11) is 0. The third-order valence-corrected chi connectivity index (χ3v) is 4.24. The van der Waals surface area contributed by atoms with Crippen LogP contribution in [0.15, 0.2) is 30.3 Å². The number of hydrogen-bond donors (Lipinski definition) is 2. The van der Waals surface area contributed by atoms with Crippen LogP contribution in [-0.2, 0) is 5.41 Å². The molecule has 2 aromatic rings. The summed E-state index contributed by atoms with van der Waals surface area (Å²) in [5.41, 5.74) is 5.42. The molecule has 2 nitrogen and oxygen atoms in total. The zero-order valence-corrected chi connectivity index (χ0v) is 9.55. The van der Waals surface area contributed by atoms with Crippen molar-refractivity contribution in [3.63, 3.8) is 0 Å². The van der Waals surface area contributed by atoms with Crippen LogP contribution in [0, 0.1) is 0 Å². The van der Waals surface area contributed by atoms with Gasteiger partial charge in [0.1, 0.15) is 0 Å². The van der Waals surface area contributed by atoms with Crippen LogP contribution in [0.3, 0.4) is 0 Å². The zero-order valence-electron chi connectivity index (χ0n) is 8.73. The molecule has 0 saturated heterocycles. The Morgan fingerprint density at radius 3 is 2.73 bits per heavy atom. The Morgan fingerprint density at radius 2 is 2.13 bits per heavy atom. The number of thiophene rings is 1. The van der Waals surface area contributed by atoms with Crippen molar-refractivity contribution in [3.05, 3.63) is 35.2 Å². The molecule has 1 unspecified atom stereocenters. The van der Waals surface area contributed by atoms with Gasteiger partial charge in [-0.3, -0.25) is 0 Å². The Hall–Kier alpha value is -0.900. The molecule has 0 radical (unpaired) electrons. The normalized spacial score (nSPS) is 15.4. The average Bonchev–Trinajstić information content (AvgIpc) is 2.72. The standard InChI is InChI=1S/C12H15NOS/c1-12(7-13,8-14)11-6-9-4-2-3-5-10(9)15-11/h2-6,14H,7-8,13H2,1H3. The van der Waals surface area contributed by atoms with Crippen LogP contribution in [0.2, 0.25) is 0 Å². The highest BCUT2D eigenvalue weighted by atomic mass is 32.1. The van der Waals surface area contributed by atoms with E-state index in [1.165, 1.54) is 10.1 Å². The molecule has 3 heteroatoms. The van der Waals surface area contributed by atoms with Gasteiger partial charge >= 0.3 is 0 Å². The summed E-state index contributed by atoms with van der Waals surface area (Å²) in [4.78, 5) is 1.16. The molecule has 0 aliphatic rings. The number of aliphatic hydroxyl groups is 1. The third kappa shape index (κ3) is 1.78. The van der Waals surface area contributed by atoms with Crippen LogP contribution in [0.5, 0.6) is 0 Å². The van der Waals surface area contributed by atoms with E-state index in [-0.39, 0.29) is 12.0 Å². The van der Waals surface area contributed by atoms with Gasteiger partial charge in [-0.25, -0.2) is 0 Å². The molecule has 0 bridgehead atoms. The van der Waals surface area contributed by atoms with Crippen molar-refractivity contribution in [3.8, 4) is 0 Å². The lowest BCUT2D eigenvalue weighted by molar-refractivity contribution is 0.213. The fourth-order valence-corrected chi connectivity index (χ4v) is 2.73. The minimum Gasteiger partial charge on any atom is -0.395 e. The molecule has 3 N–H and O–H groups in total. The van der Waals surface area contributed by atoms with Gasteiger partial charge in [0.25, 0.3) is 0 Å². The molecular formula is C12H15NOS. The highest BCUT2D eigenvalue weighted by molar-refractivity contribution is 7.19. The van der Waals surface area contributed by atoms with E-state index >= 15 is 0 Å². The van der Waals surface area contributed by atoms with Crippen LogP contribution in [-0.4, -0.2) is 18.3 Å². The first-order chi connectivity index (χ1) is 7.19. The number of nitrogens with two attached hydrogens (primary N) is 1. The van der Waals surface area contributed by atoms with Gasteiger partial charge in [-0.05, 0) is 17.5 Å². The Kier molecular flexibility index (Phi) is 2.78. The molecule has 0 saturated carbocycles. The molecular weight excluding hydrogens is 206 g/mol. The lowest BCUT2D eigenvalue weighted by Gasteiger charge is -2.23. The molecule has 0 fully saturated rings. The number of aliphatic hydroxyl groups excluding tert-OH is 1. The first-order valence-corrected chi connectivity index (χ1v) is 5.81. The number of benzene rings is 1. The summed E-state index contributed by atoms with van der Waals surface area (Å²) in [5, 5.41) is 10.6. The minimum atomic E-state index is -0.302. The van der Waals surface area contributed by atoms with Crippen molar-refractivity contribution >= 4 is 21.4 Å². The van der Waals surface area contributed by atoms with Crippen LogP contribution >= 0.6 is 11.3 Å². The molecule has 15 heavy (non-hydrogen) atoms. The first kappa shape index (κ1) is 10.6. The quantitative estimate of drug-likeness (QED) is 0.834. The van der Waals surface area contributed by atoms with Crippen LogP contribution in [0.4, 0.5) is 0 Å². The second kappa shape index (κ2) is 3.93. The molecule has 80 valence electrons. The molecule has 0 spiro atoms. The molecule has 0 aliphatic heterocycles. The highest BCUT2D eigenvalue weighted by Crippen LogP contribution is 2.33. The van der Waals surface area contributed by atoms with Gasteiger partial charge in [0.05, 0.1) is 6.61 Å². The fourth-order valence-electron chi connectivity index (χ4n) is 1.52. The van der Waals surface area contributed by atoms with E-state index in [9.17, 15) is 5.11 Å². The molecule has 1 atom stereocenters. The van der Waals surface area contributed by atoms with E-state index in [2.05, 4.69) is 18.2 Å². The van der Waals surface area contributed by atoms with Gasteiger partial charge in [0.2, 0.25) is 0 Å². The van der Waals surface area contributed by atoms with Gasteiger partial charge in [-0.1, -0.05) is 25.1 Å². The minimum absolute atomic E-state index is 0.0936. The maximum atomic E-state index is 9.39. The summed E-state index contributed by atoms with van der Waals surface area (Å²) in [5.74, 6) is 0. The van der Waals surface area contributed by atoms with Gasteiger partial charge in [0, 0.05) is 21.5 Å². The molecule has 0 aliphatic carbocycles. The topological polar surface area (TPSA) is 46.2 Å². The van der Waals surface area contributed by atoms with Gasteiger partial charge < -0.3 is 10.8 Å². The molecule has 1 heterocycles. The summed E-state index contributed by atoms with van der Waals surface area (Å²) in [6.07, 6.45) is 0. The number of fused-ring (bicyclic) bond motifs is 1. The van der Waals surface area contributed by atoms with E-state index in [1.807, 2.05) is 19.1 Å². The maximum Gasteiger partial charge on any atom is 0.0545 e. The second-order valence-corrected chi connectivity index (χ2v) is 5.16. The molecule has 1 aromatic carbocycles. The number of hydrogen-bond acceptors (Lipinski definition) is 3. The monoisotopic (exact) mass is 221 g/mol. The molecule has 2 rings (SSSR count). The summed E-state index contributed by atoms with van der Waals surface area (Å²) in [6, 6.07) is 10.4. The van der Waals surface area contributed by atoms with Crippen molar-refractivity contribution in [2.75, 3.05) is 13.2 Å². The zero-order chi connectivity index (χ0) is 10.9. The first-order valence-electron chi connectivity index (χ1n) is 4.99. The Morgan fingerprint density at radius 1 is 1.40 bits per heavy atom. The Bertz CT molecular complexity index is 426. The SMILES string of the molecule is CC(CN)(CO)c1cc2ccccc2s1. The average molecular weight is 221 g/mol. The van der Waals surface area contributed by atoms with Gasteiger partial charge in [-0.2, -0.15) is 0 Å². The van der Waals surface area contributed by atoms with Gasteiger partial charge in [0.15, 0.2) is 0 Å². The van der Waals surface area contributed by atoms with Crippen molar-refractivity contribution < 1.29 is 5.11 Å². The van der Waals surface area contributed by atoms with Crippen molar-refractivity contribution in [1.29, 1.82) is 0 Å². The third-order valence-electron chi connectivity index (χ3n) is 2.82. The van der Waals surface area contributed by atoms with E-state index in [0.717, 1.165) is 4.88 Å². The van der Waals surface area contributed by atoms with Crippen molar-refractivity contribution in [2.24, 2.45) is 5.73 Å². The summed E-state index contributed by atoms with van der Waals surface area (Å²) < 4.78 is 1.25. The van der Waals surface area contributed by atoms with Crippen LogP contribution in [0.25, 0.3) is 10.1 Å². The predicted molar refractivity (Wildman–Crippen MR) is 65.3 cm³/mol. The lowest BCUT2D eigenvalue weighted by atomic mass is 9.90. The van der Waals surface area contributed by atoms with Crippen LogP contribution in [0.1, 0.15) is 11.8 Å². The predicted octanol–water partition coefficient (Wildman–Crippen LogP) is 2.11. The van der Waals surface area contributed by atoms with E-state index in [4.69, 9.17) is 5.73 Å².